The summed E-state index contributed by atoms with van der Waals surface area (Å²) in [6.07, 6.45) is 3.37. The number of tetrazole rings is 1. The summed E-state index contributed by atoms with van der Waals surface area (Å²) in [5.41, 5.74) is 1.43. The molecule has 142 valence electrons. The Morgan fingerprint density at radius 1 is 1.37 bits per heavy atom. The second-order valence-electron chi connectivity index (χ2n) is 7.07. The van der Waals surface area contributed by atoms with Crippen molar-refractivity contribution < 1.29 is 19.2 Å². The number of carboxylic acids is 1. The van der Waals surface area contributed by atoms with E-state index < -0.39 is 12.0 Å². The van der Waals surface area contributed by atoms with Crippen LogP contribution < -0.4 is 5.32 Å². The predicted molar refractivity (Wildman–Crippen MR) is 95.1 cm³/mol. The molecule has 4 rings (SSSR count). The van der Waals surface area contributed by atoms with Crippen molar-refractivity contribution in [1.29, 1.82) is 0 Å². The van der Waals surface area contributed by atoms with Gasteiger partial charge in [-0.15, -0.1) is 5.10 Å². The lowest BCUT2D eigenvalue weighted by atomic mass is 10.0. The summed E-state index contributed by atoms with van der Waals surface area (Å²) in [6, 6.07) is 4.21. The summed E-state index contributed by atoms with van der Waals surface area (Å²) in [5, 5.41) is 24.7. The lowest BCUT2D eigenvalue weighted by molar-refractivity contribution is -0.872. The first-order valence-electron chi connectivity index (χ1n) is 8.90. The summed E-state index contributed by atoms with van der Waals surface area (Å²) in [6.45, 7) is 1.51. The number of aliphatic carboxylic acids is 1. The van der Waals surface area contributed by atoms with E-state index >= 15 is 0 Å². The molecule has 3 heterocycles. The molecule has 10 heteroatoms. The minimum Gasteiger partial charge on any atom is -0.477 e. The molecule has 2 saturated heterocycles. The maximum Gasteiger partial charge on any atom is 0.363 e. The van der Waals surface area contributed by atoms with Crippen molar-refractivity contribution in [1.82, 2.24) is 25.5 Å². The highest BCUT2D eigenvalue weighted by Crippen LogP contribution is 2.35. The van der Waals surface area contributed by atoms with Gasteiger partial charge in [0.1, 0.15) is 18.9 Å². The van der Waals surface area contributed by atoms with Crippen molar-refractivity contribution in [3.63, 3.8) is 0 Å². The summed E-state index contributed by atoms with van der Waals surface area (Å²) in [4.78, 5) is 25.3. The van der Waals surface area contributed by atoms with E-state index in [4.69, 9.17) is 11.6 Å². The topological polar surface area (TPSA) is 110 Å². The number of likely N-dealkylation sites (tertiary alicyclic amines) is 1. The standard InChI is InChI=1S/C17H19ClN6O3/c18-12-3-4-14(23-10-20-21-22-23)11(8-12)9-24(16(25)13-5-6-19-13)7-1-2-15(24)17(26)27/h3-4,8,10,13,15,19H,1-2,5-7,9H2/p+1/t13?,15-,24?/m0/s1. The molecule has 2 aliphatic rings. The summed E-state index contributed by atoms with van der Waals surface area (Å²) in [7, 11) is 0. The Morgan fingerprint density at radius 2 is 2.19 bits per heavy atom. The van der Waals surface area contributed by atoms with Crippen LogP contribution in [0.3, 0.4) is 0 Å². The number of hydrogen-bond acceptors (Lipinski definition) is 6. The number of hydrogen-bond donors (Lipinski definition) is 2. The monoisotopic (exact) mass is 391 g/mol. The molecular formula is C17H20ClN6O3+. The van der Waals surface area contributed by atoms with Crippen LogP contribution in [0.15, 0.2) is 24.5 Å². The third-order valence-corrected chi connectivity index (χ3v) is 5.80. The fourth-order valence-electron chi connectivity index (χ4n) is 4.13. The first kappa shape index (κ1) is 18.0. The van der Waals surface area contributed by atoms with Crippen LogP contribution in [-0.4, -0.2) is 66.8 Å². The van der Waals surface area contributed by atoms with Crippen LogP contribution in [0.4, 0.5) is 0 Å². The molecule has 0 aliphatic carbocycles. The molecule has 1 aromatic carbocycles. The molecule has 2 N–H and O–H groups in total. The Morgan fingerprint density at radius 3 is 2.81 bits per heavy atom. The number of carbonyl (C=O) groups is 2. The number of quaternary nitrogens is 1. The SMILES string of the molecule is O=C(O)[C@@H]1CCC[N+]1(Cc1cc(Cl)ccc1-n1cnnn1)C(=O)C1CCN1. The smallest absolute Gasteiger partial charge is 0.363 e. The Balaban J connectivity index is 1.78. The fourth-order valence-corrected chi connectivity index (χ4v) is 4.32. The van der Waals surface area contributed by atoms with E-state index in [2.05, 4.69) is 20.8 Å². The van der Waals surface area contributed by atoms with Gasteiger partial charge in [-0.05, 0) is 41.6 Å². The zero-order valence-electron chi connectivity index (χ0n) is 14.6. The van der Waals surface area contributed by atoms with E-state index in [1.165, 1.54) is 11.0 Å². The van der Waals surface area contributed by atoms with Gasteiger partial charge in [0.2, 0.25) is 0 Å². The molecule has 0 saturated carbocycles. The number of rotatable bonds is 5. The summed E-state index contributed by atoms with van der Waals surface area (Å²) in [5.74, 6) is -1.00. The van der Waals surface area contributed by atoms with Gasteiger partial charge in [0, 0.05) is 23.4 Å². The molecular weight excluding hydrogens is 372 g/mol. The highest BCUT2D eigenvalue weighted by atomic mass is 35.5. The average molecular weight is 392 g/mol. The highest BCUT2D eigenvalue weighted by molar-refractivity contribution is 6.30. The van der Waals surface area contributed by atoms with E-state index in [0.717, 1.165) is 18.5 Å². The van der Waals surface area contributed by atoms with Gasteiger partial charge in [-0.1, -0.05) is 11.6 Å². The van der Waals surface area contributed by atoms with E-state index in [1.807, 2.05) is 0 Å². The normalized spacial score (nSPS) is 27.3. The number of nitrogens with one attached hydrogen (secondary N) is 1. The van der Waals surface area contributed by atoms with Crippen molar-refractivity contribution in [2.45, 2.75) is 37.9 Å². The first-order chi connectivity index (χ1) is 13.0. The van der Waals surface area contributed by atoms with Crippen LogP contribution in [0, 0.1) is 0 Å². The van der Waals surface area contributed by atoms with Crippen LogP contribution in [0.5, 0.6) is 0 Å². The second kappa shape index (κ2) is 6.99. The third-order valence-electron chi connectivity index (χ3n) is 5.57. The van der Waals surface area contributed by atoms with Crippen LogP contribution in [0.25, 0.3) is 5.69 Å². The summed E-state index contributed by atoms with van der Waals surface area (Å²) < 4.78 is 1.39. The average Bonchev–Trinajstić information content (AvgIpc) is 3.23. The number of benzene rings is 1. The molecule has 1 aromatic heterocycles. The number of halogens is 1. The van der Waals surface area contributed by atoms with Crippen molar-refractivity contribution in [3.8, 4) is 5.69 Å². The Bertz CT molecular complexity index is 870. The maximum absolute atomic E-state index is 13.3. The van der Waals surface area contributed by atoms with Crippen molar-refractivity contribution in [2.75, 3.05) is 13.1 Å². The van der Waals surface area contributed by atoms with Gasteiger partial charge >= 0.3 is 11.9 Å². The van der Waals surface area contributed by atoms with E-state index in [9.17, 15) is 14.7 Å². The molecule has 0 spiro atoms. The van der Waals surface area contributed by atoms with Crippen LogP contribution in [0.1, 0.15) is 24.8 Å². The van der Waals surface area contributed by atoms with Crippen molar-refractivity contribution >= 4 is 23.5 Å². The molecule has 9 nitrogen and oxygen atoms in total. The highest BCUT2D eigenvalue weighted by Gasteiger charge is 2.55. The van der Waals surface area contributed by atoms with Crippen LogP contribution in [0.2, 0.25) is 5.02 Å². The van der Waals surface area contributed by atoms with E-state index in [1.54, 1.807) is 18.2 Å². The maximum atomic E-state index is 13.3. The van der Waals surface area contributed by atoms with Crippen LogP contribution >= 0.6 is 11.6 Å². The largest absolute Gasteiger partial charge is 0.477 e. The Hall–Kier alpha value is -2.36. The quantitative estimate of drug-likeness (QED) is 0.724. The molecule has 2 unspecified atom stereocenters. The molecule has 0 bridgehead atoms. The van der Waals surface area contributed by atoms with Gasteiger partial charge in [0.15, 0.2) is 6.04 Å². The van der Waals surface area contributed by atoms with Gasteiger partial charge in [0.05, 0.1) is 12.2 Å². The van der Waals surface area contributed by atoms with Gasteiger partial charge < -0.3 is 10.4 Å². The van der Waals surface area contributed by atoms with Gasteiger partial charge in [-0.3, -0.25) is 0 Å². The zero-order valence-corrected chi connectivity index (χ0v) is 15.3. The Kier molecular flexibility index (Phi) is 4.67. The first-order valence-corrected chi connectivity index (χ1v) is 9.28. The minimum absolute atomic E-state index is 0.0613. The molecule has 2 aliphatic heterocycles. The van der Waals surface area contributed by atoms with Crippen molar-refractivity contribution in [3.05, 3.63) is 35.1 Å². The molecule has 1 amide bonds. The molecule has 3 atom stereocenters. The number of nitrogens with zero attached hydrogens (tertiary/aromatic N) is 5. The number of amides is 1. The second-order valence-corrected chi connectivity index (χ2v) is 7.51. The number of aromatic nitrogens is 4. The molecule has 2 aromatic rings. The fraction of sp³-hybridized carbons (Fsp3) is 0.471. The summed E-state index contributed by atoms with van der Waals surface area (Å²) >= 11 is 6.21. The molecule has 0 radical (unpaired) electrons. The third kappa shape index (κ3) is 3.11. The molecule has 27 heavy (non-hydrogen) atoms. The van der Waals surface area contributed by atoms with Gasteiger partial charge in [-0.2, -0.15) is 0 Å². The van der Waals surface area contributed by atoms with E-state index in [0.29, 0.717) is 30.1 Å². The lowest BCUT2D eigenvalue weighted by Crippen LogP contribution is -2.66. The predicted octanol–water partition coefficient (Wildman–Crippen LogP) is 0.768. The molecule has 2 fully saturated rings. The van der Waals surface area contributed by atoms with E-state index in [-0.39, 0.29) is 23.0 Å². The Labute approximate surface area is 160 Å². The minimum atomic E-state index is -0.939. The lowest BCUT2D eigenvalue weighted by Gasteiger charge is -2.40. The van der Waals surface area contributed by atoms with Crippen LogP contribution in [-0.2, 0) is 16.1 Å². The van der Waals surface area contributed by atoms with Gasteiger partial charge in [0.25, 0.3) is 0 Å². The van der Waals surface area contributed by atoms with Gasteiger partial charge in [-0.25, -0.2) is 18.8 Å². The zero-order chi connectivity index (χ0) is 19.0. The number of carbonyl (C=O) groups excluding carboxylic acids is 1. The van der Waals surface area contributed by atoms with Crippen molar-refractivity contribution in [2.24, 2.45) is 0 Å². The number of carboxylic acid groups (broad SMARTS) is 1.